The monoisotopic (exact) mass is 197 g/mol. The highest BCUT2D eigenvalue weighted by Gasteiger charge is 2.35. The van der Waals surface area contributed by atoms with E-state index in [9.17, 15) is 13.2 Å². The van der Waals surface area contributed by atoms with Crippen LogP contribution in [0.2, 0.25) is 0 Å². The molecule has 1 aromatic carbocycles. The van der Waals surface area contributed by atoms with Gasteiger partial charge in [-0.3, -0.25) is 0 Å². The highest BCUT2D eigenvalue weighted by atomic mass is 19.4. The maximum absolute atomic E-state index is 12.5. The van der Waals surface area contributed by atoms with Crippen LogP contribution in [-0.2, 0) is 6.18 Å². The van der Waals surface area contributed by atoms with Crippen molar-refractivity contribution in [3.05, 3.63) is 41.5 Å². The van der Waals surface area contributed by atoms with E-state index in [2.05, 4.69) is 6.58 Å². The van der Waals surface area contributed by atoms with Crippen LogP contribution in [0.25, 0.3) is 6.08 Å². The van der Waals surface area contributed by atoms with E-state index in [4.69, 9.17) is 5.26 Å². The average Bonchev–Trinajstić information content (AvgIpc) is 2.15. The van der Waals surface area contributed by atoms with Gasteiger partial charge >= 0.3 is 6.18 Å². The van der Waals surface area contributed by atoms with Gasteiger partial charge < -0.3 is 0 Å². The number of nitriles is 1. The minimum Gasteiger partial charge on any atom is -0.192 e. The van der Waals surface area contributed by atoms with Crippen molar-refractivity contribution in [1.82, 2.24) is 0 Å². The number of hydrogen-bond donors (Lipinski definition) is 0. The summed E-state index contributed by atoms with van der Waals surface area (Å²) in [5, 5.41) is 8.52. The quantitative estimate of drug-likeness (QED) is 0.678. The Labute approximate surface area is 79.1 Å². The first kappa shape index (κ1) is 10.3. The smallest absolute Gasteiger partial charge is 0.192 e. The van der Waals surface area contributed by atoms with E-state index in [1.54, 1.807) is 0 Å². The molecule has 1 nitrogen and oxygen atoms in total. The standard InChI is InChI=1S/C10H6F3N/c1-2-7-4-3-5-8(6-14)9(7)10(11,12)13/h2-5H,1H2. The van der Waals surface area contributed by atoms with Crippen molar-refractivity contribution in [2.24, 2.45) is 0 Å². The molecule has 0 aliphatic carbocycles. The van der Waals surface area contributed by atoms with Gasteiger partial charge in [0.05, 0.1) is 17.2 Å². The van der Waals surface area contributed by atoms with E-state index in [0.717, 1.165) is 12.1 Å². The molecule has 0 aliphatic rings. The molecule has 4 heteroatoms. The fraction of sp³-hybridized carbons (Fsp3) is 0.100. The van der Waals surface area contributed by atoms with Gasteiger partial charge in [0.2, 0.25) is 0 Å². The van der Waals surface area contributed by atoms with Crippen LogP contribution in [0.1, 0.15) is 16.7 Å². The molecule has 14 heavy (non-hydrogen) atoms. The first-order chi connectivity index (χ1) is 6.50. The third kappa shape index (κ3) is 1.77. The highest BCUT2D eigenvalue weighted by Crippen LogP contribution is 2.34. The van der Waals surface area contributed by atoms with Crippen molar-refractivity contribution in [3.63, 3.8) is 0 Å². The van der Waals surface area contributed by atoms with Crippen LogP contribution in [0.3, 0.4) is 0 Å². The van der Waals surface area contributed by atoms with Gasteiger partial charge in [-0.2, -0.15) is 18.4 Å². The SMILES string of the molecule is C=Cc1cccc(C#N)c1C(F)(F)F. The number of rotatable bonds is 1. The lowest BCUT2D eigenvalue weighted by atomic mass is 10.0. The molecule has 0 N–H and O–H groups in total. The van der Waals surface area contributed by atoms with E-state index in [0.29, 0.717) is 0 Å². The molecule has 72 valence electrons. The number of nitrogens with zero attached hydrogens (tertiary/aromatic N) is 1. The number of benzene rings is 1. The molecule has 0 unspecified atom stereocenters. The molecule has 1 rings (SSSR count). The molecule has 0 saturated carbocycles. The van der Waals surface area contributed by atoms with Gasteiger partial charge in [0.25, 0.3) is 0 Å². The summed E-state index contributed by atoms with van der Waals surface area (Å²) in [6, 6.07) is 5.31. The van der Waals surface area contributed by atoms with Crippen LogP contribution in [0.4, 0.5) is 13.2 Å². The molecule has 0 atom stereocenters. The molecule has 1 aromatic rings. The van der Waals surface area contributed by atoms with Crippen molar-refractivity contribution >= 4 is 6.08 Å². The van der Waals surface area contributed by atoms with Crippen LogP contribution in [0.5, 0.6) is 0 Å². The molecule has 0 saturated heterocycles. The van der Waals surface area contributed by atoms with Crippen molar-refractivity contribution in [2.75, 3.05) is 0 Å². The van der Waals surface area contributed by atoms with Gasteiger partial charge in [-0.25, -0.2) is 0 Å². The van der Waals surface area contributed by atoms with Crippen molar-refractivity contribution in [1.29, 1.82) is 5.26 Å². The van der Waals surface area contributed by atoms with Gasteiger partial charge in [0.15, 0.2) is 0 Å². The minimum atomic E-state index is -4.52. The average molecular weight is 197 g/mol. The second kappa shape index (κ2) is 3.54. The van der Waals surface area contributed by atoms with E-state index < -0.39 is 11.7 Å². The maximum Gasteiger partial charge on any atom is 0.418 e. The summed E-state index contributed by atoms with van der Waals surface area (Å²) < 4.78 is 37.5. The van der Waals surface area contributed by atoms with Crippen LogP contribution in [0, 0.1) is 11.3 Å². The number of hydrogen-bond acceptors (Lipinski definition) is 1. The van der Waals surface area contributed by atoms with E-state index >= 15 is 0 Å². The molecule has 0 bridgehead atoms. The van der Waals surface area contributed by atoms with Crippen LogP contribution >= 0.6 is 0 Å². The molecule has 0 radical (unpaired) electrons. The summed E-state index contributed by atoms with van der Waals surface area (Å²) in [6.45, 7) is 3.27. The normalized spacial score (nSPS) is 10.7. The zero-order valence-electron chi connectivity index (χ0n) is 7.10. The Hall–Kier alpha value is -1.76. The van der Waals surface area contributed by atoms with Gasteiger partial charge in [-0.05, 0) is 11.6 Å². The lowest BCUT2D eigenvalue weighted by molar-refractivity contribution is -0.137. The number of halogens is 3. The highest BCUT2D eigenvalue weighted by molar-refractivity contribution is 5.58. The van der Waals surface area contributed by atoms with E-state index in [1.165, 1.54) is 18.2 Å². The Balaban J connectivity index is 3.51. The summed E-state index contributed by atoms with van der Waals surface area (Å²) in [5.41, 5.74) is -1.37. The van der Waals surface area contributed by atoms with Gasteiger partial charge in [0.1, 0.15) is 0 Å². The summed E-state index contributed by atoms with van der Waals surface area (Å²) in [5.74, 6) is 0. The zero-order valence-corrected chi connectivity index (χ0v) is 7.10. The second-order valence-corrected chi connectivity index (χ2v) is 2.58. The Morgan fingerprint density at radius 1 is 1.36 bits per heavy atom. The molecule has 0 amide bonds. The fourth-order valence-corrected chi connectivity index (χ4v) is 1.15. The Kier molecular flexibility index (Phi) is 2.61. The first-order valence-corrected chi connectivity index (χ1v) is 3.73. The van der Waals surface area contributed by atoms with Crippen LogP contribution in [-0.4, -0.2) is 0 Å². The van der Waals surface area contributed by atoms with Crippen molar-refractivity contribution in [2.45, 2.75) is 6.18 Å². The maximum atomic E-state index is 12.5. The van der Waals surface area contributed by atoms with Gasteiger partial charge in [-0.15, -0.1) is 0 Å². The lowest BCUT2D eigenvalue weighted by Crippen LogP contribution is -2.10. The molecular weight excluding hydrogens is 191 g/mol. The summed E-state index contributed by atoms with van der Waals surface area (Å²) >= 11 is 0. The fourth-order valence-electron chi connectivity index (χ4n) is 1.15. The van der Waals surface area contributed by atoms with Crippen molar-refractivity contribution in [3.8, 4) is 6.07 Å². The van der Waals surface area contributed by atoms with E-state index in [1.807, 2.05) is 0 Å². The van der Waals surface area contributed by atoms with E-state index in [-0.39, 0.29) is 11.1 Å². The molecule has 0 aromatic heterocycles. The molecule has 0 aliphatic heterocycles. The Bertz CT molecular complexity index is 399. The van der Waals surface area contributed by atoms with Crippen LogP contribution < -0.4 is 0 Å². The molecule has 0 heterocycles. The topological polar surface area (TPSA) is 23.8 Å². The third-order valence-corrected chi connectivity index (χ3v) is 1.72. The van der Waals surface area contributed by atoms with Crippen LogP contribution in [0.15, 0.2) is 24.8 Å². The van der Waals surface area contributed by atoms with Crippen molar-refractivity contribution < 1.29 is 13.2 Å². The minimum absolute atomic E-state index is 0.0726. The molecule has 0 fully saturated rings. The lowest BCUT2D eigenvalue weighted by Gasteiger charge is -2.11. The van der Waals surface area contributed by atoms with Gasteiger partial charge in [0, 0.05) is 0 Å². The first-order valence-electron chi connectivity index (χ1n) is 3.73. The summed E-state index contributed by atoms with van der Waals surface area (Å²) in [6.07, 6.45) is -3.43. The summed E-state index contributed by atoms with van der Waals surface area (Å²) in [4.78, 5) is 0. The Morgan fingerprint density at radius 3 is 2.43 bits per heavy atom. The number of alkyl halides is 3. The van der Waals surface area contributed by atoms with Gasteiger partial charge in [-0.1, -0.05) is 24.8 Å². The second-order valence-electron chi connectivity index (χ2n) is 2.58. The predicted octanol–water partition coefficient (Wildman–Crippen LogP) is 3.22. The summed E-state index contributed by atoms with van der Waals surface area (Å²) in [7, 11) is 0. The molecular formula is C10H6F3N. The predicted molar refractivity (Wildman–Crippen MR) is 46.3 cm³/mol. The Morgan fingerprint density at radius 2 is 2.00 bits per heavy atom. The zero-order chi connectivity index (χ0) is 10.8. The third-order valence-electron chi connectivity index (χ3n) is 1.72. The largest absolute Gasteiger partial charge is 0.418 e. The molecule has 0 spiro atoms.